The minimum Gasteiger partial charge on any atom is -0.497 e. The normalized spacial score (nSPS) is 15.5. The van der Waals surface area contributed by atoms with Gasteiger partial charge in [-0.3, -0.25) is 4.79 Å². The van der Waals surface area contributed by atoms with E-state index in [1.807, 2.05) is 54.3 Å². The van der Waals surface area contributed by atoms with Gasteiger partial charge in [0.2, 0.25) is 0 Å². The minimum atomic E-state index is -0.426. The van der Waals surface area contributed by atoms with Gasteiger partial charge in [-0.05, 0) is 42.8 Å². The lowest BCUT2D eigenvalue weighted by atomic mass is 10.2. The number of nitrogens with zero attached hydrogens (tertiary/aromatic N) is 2. The van der Waals surface area contributed by atoms with Crippen molar-refractivity contribution < 1.29 is 14.3 Å². The van der Waals surface area contributed by atoms with Gasteiger partial charge >= 0.3 is 0 Å². The van der Waals surface area contributed by atoms with E-state index in [2.05, 4.69) is 17.0 Å². The van der Waals surface area contributed by atoms with E-state index in [4.69, 9.17) is 9.47 Å². The standard InChI is InChI=1S/C21H26N2O3/c1-3-20(26-19-7-5-4-6-8-19)21(24)23-15-13-22(14-16-23)17-9-11-18(25-2)12-10-17/h4-12,20H,3,13-16H2,1-2H3/t20-/m0/s1. The molecule has 138 valence electrons. The van der Waals surface area contributed by atoms with Crippen molar-refractivity contribution in [2.24, 2.45) is 0 Å². The van der Waals surface area contributed by atoms with Crippen LogP contribution in [0.1, 0.15) is 13.3 Å². The predicted molar refractivity (Wildman–Crippen MR) is 103 cm³/mol. The van der Waals surface area contributed by atoms with Crippen molar-refractivity contribution in [1.29, 1.82) is 0 Å². The van der Waals surface area contributed by atoms with Crippen molar-refractivity contribution in [2.75, 3.05) is 38.2 Å². The molecule has 1 amide bonds. The molecule has 5 nitrogen and oxygen atoms in total. The van der Waals surface area contributed by atoms with Crippen LogP contribution in [0.25, 0.3) is 0 Å². The summed E-state index contributed by atoms with van der Waals surface area (Å²) >= 11 is 0. The molecule has 1 heterocycles. The predicted octanol–water partition coefficient (Wildman–Crippen LogP) is 3.20. The van der Waals surface area contributed by atoms with Gasteiger partial charge in [-0.2, -0.15) is 0 Å². The Kier molecular flexibility index (Phi) is 6.00. The number of para-hydroxylation sites is 1. The van der Waals surface area contributed by atoms with Crippen molar-refractivity contribution in [1.82, 2.24) is 4.90 Å². The highest BCUT2D eigenvalue weighted by Gasteiger charge is 2.27. The highest BCUT2D eigenvalue weighted by Crippen LogP contribution is 2.21. The largest absolute Gasteiger partial charge is 0.497 e. The van der Waals surface area contributed by atoms with E-state index >= 15 is 0 Å². The Bertz CT molecular complexity index is 695. The zero-order chi connectivity index (χ0) is 18.4. The second kappa shape index (κ2) is 8.61. The van der Waals surface area contributed by atoms with E-state index in [0.717, 1.165) is 30.3 Å². The van der Waals surface area contributed by atoms with Crippen molar-refractivity contribution in [3.05, 3.63) is 54.6 Å². The van der Waals surface area contributed by atoms with Crippen LogP contribution >= 0.6 is 0 Å². The lowest BCUT2D eigenvalue weighted by Gasteiger charge is -2.37. The SMILES string of the molecule is CC[C@H](Oc1ccccc1)C(=O)N1CCN(c2ccc(OC)cc2)CC1. The zero-order valence-corrected chi connectivity index (χ0v) is 15.4. The van der Waals surface area contributed by atoms with Crippen molar-refractivity contribution in [2.45, 2.75) is 19.4 Å². The summed E-state index contributed by atoms with van der Waals surface area (Å²) in [6, 6.07) is 17.6. The van der Waals surface area contributed by atoms with E-state index in [1.165, 1.54) is 0 Å². The van der Waals surface area contributed by atoms with Crippen LogP contribution in [-0.2, 0) is 4.79 Å². The van der Waals surface area contributed by atoms with Crippen LogP contribution < -0.4 is 14.4 Å². The van der Waals surface area contributed by atoms with Gasteiger partial charge in [0.15, 0.2) is 6.10 Å². The number of benzene rings is 2. The number of rotatable bonds is 6. The van der Waals surface area contributed by atoms with Crippen LogP contribution in [-0.4, -0.2) is 50.2 Å². The monoisotopic (exact) mass is 354 g/mol. The van der Waals surface area contributed by atoms with Crippen molar-refractivity contribution in [3.8, 4) is 11.5 Å². The van der Waals surface area contributed by atoms with Crippen LogP contribution in [0.2, 0.25) is 0 Å². The van der Waals surface area contributed by atoms with Crippen LogP contribution in [0.5, 0.6) is 11.5 Å². The van der Waals surface area contributed by atoms with Crippen LogP contribution in [0.15, 0.2) is 54.6 Å². The fourth-order valence-electron chi connectivity index (χ4n) is 3.15. The van der Waals surface area contributed by atoms with E-state index in [-0.39, 0.29) is 5.91 Å². The molecule has 0 aromatic heterocycles. The lowest BCUT2D eigenvalue weighted by Crippen LogP contribution is -2.52. The number of hydrogen-bond donors (Lipinski definition) is 0. The Morgan fingerprint density at radius 1 is 0.962 bits per heavy atom. The molecule has 1 saturated heterocycles. The maximum atomic E-state index is 12.8. The number of carbonyl (C=O) groups excluding carboxylic acids is 1. The highest BCUT2D eigenvalue weighted by molar-refractivity contribution is 5.81. The summed E-state index contributed by atoms with van der Waals surface area (Å²) in [7, 11) is 1.67. The molecule has 0 N–H and O–H groups in total. The summed E-state index contributed by atoms with van der Waals surface area (Å²) in [5, 5.41) is 0. The minimum absolute atomic E-state index is 0.0748. The summed E-state index contributed by atoms with van der Waals surface area (Å²) in [6.07, 6.45) is 0.233. The first-order valence-corrected chi connectivity index (χ1v) is 9.10. The topological polar surface area (TPSA) is 42.0 Å². The summed E-state index contributed by atoms with van der Waals surface area (Å²) in [4.78, 5) is 17.0. The first kappa shape index (κ1) is 18.1. The van der Waals surface area contributed by atoms with E-state index < -0.39 is 6.10 Å². The summed E-state index contributed by atoms with van der Waals surface area (Å²) < 4.78 is 11.1. The Balaban J connectivity index is 1.56. The molecule has 1 aliphatic rings. The lowest BCUT2D eigenvalue weighted by molar-refractivity contribution is -0.139. The van der Waals surface area contributed by atoms with Gasteiger partial charge in [0, 0.05) is 31.9 Å². The Hall–Kier alpha value is -2.69. The van der Waals surface area contributed by atoms with Gasteiger partial charge < -0.3 is 19.3 Å². The van der Waals surface area contributed by atoms with Gasteiger partial charge in [-0.15, -0.1) is 0 Å². The maximum Gasteiger partial charge on any atom is 0.263 e. The number of ether oxygens (including phenoxy) is 2. The average molecular weight is 354 g/mol. The smallest absolute Gasteiger partial charge is 0.263 e. The summed E-state index contributed by atoms with van der Waals surface area (Å²) in [5.74, 6) is 1.67. The second-order valence-corrected chi connectivity index (χ2v) is 6.34. The van der Waals surface area contributed by atoms with Crippen LogP contribution in [0.3, 0.4) is 0 Å². The third kappa shape index (κ3) is 4.28. The molecule has 0 bridgehead atoms. The molecule has 1 aliphatic heterocycles. The number of carbonyl (C=O) groups is 1. The third-order valence-electron chi connectivity index (χ3n) is 4.70. The molecule has 0 unspecified atom stereocenters. The number of hydrogen-bond acceptors (Lipinski definition) is 4. The van der Waals surface area contributed by atoms with Gasteiger partial charge in [0.05, 0.1) is 7.11 Å². The number of amides is 1. The molecule has 26 heavy (non-hydrogen) atoms. The second-order valence-electron chi connectivity index (χ2n) is 6.34. The number of methoxy groups -OCH3 is 1. The first-order valence-electron chi connectivity index (χ1n) is 9.10. The van der Waals surface area contributed by atoms with Gasteiger partial charge in [-0.25, -0.2) is 0 Å². The first-order chi connectivity index (χ1) is 12.7. The molecule has 0 aliphatic carbocycles. The van der Waals surface area contributed by atoms with Gasteiger partial charge in [0.25, 0.3) is 5.91 Å². The third-order valence-corrected chi connectivity index (χ3v) is 4.70. The molecular formula is C21H26N2O3. The molecule has 0 saturated carbocycles. The zero-order valence-electron chi connectivity index (χ0n) is 15.4. The molecular weight excluding hydrogens is 328 g/mol. The average Bonchev–Trinajstić information content (AvgIpc) is 2.72. The molecule has 0 spiro atoms. The molecule has 1 atom stereocenters. The molecule has 5 heteroatoms. The fourth-order valence-corrected chi connectivity index (χ4v) is 3.15. The maximum absolute atomic E-state index is 12.8. The van der Waals surface area contributed by atoms with E-state index in [9.17, 15) is 4.79 Å². The fraction of sp³-hybridized carbons (Fsp3) is 0.381. The molecule has 1 fully saturated rings. The Morgan fingerprint density at radius 2 is 1.62 bits per heavy atom. The van der Waals surface area contributed by atoms with E-state index in [0.29, 0.717) is 19.5 Å². The Labute approximate surface area is 155 Å². The van der Waals surface area contributed by atoms with E-state index in [1.54, 1.807) is 7.11 Å². The van der Waals surface area contributed by atoms with Gasteiger partial charge in [-0.1, -0.05) is 25.1 Å². The quantitative estimate of drug-likeness (QED) is 0.799. The number of piperazine rings is 1. The molecule has 2 aromatic carbocycles. The highest BCUT2D eigenvalue weighted by atomic mass is 16.5. The van der Waals surface area contributed by atoms with Crippen molar-refractivity contribution >= 4 is 11.6 Å². The summed E-state index contributed by atoms with van der Waals surface area (Å²) in [6.45, 7) is 5.04. The molecule has 3 rings (SSSR count). The van der Waals surface area contributed by atoms with Crippen LogP contribution in [0, 0.1) is 0 Å². The van der Waals surface area contributed by atoms with Crippen molar-refractivity contribution in [3.63, 3.8) is 0 Å². The number of anilines is 1. The van der Waals surface area contributed by atoms with Crippen LogP contribution in [0.4, 0.5) is 5.69 Å². The summed E-state index contributed by atoms with van der Waals surface area (Å²) in [5.41, 5.74) is 1.16. The van der Waals surface area contributed by atoms with Gasteiger partial charge in [0.1, 0.15) is 11.5 Å². The Morgan fingerprint density at radius 3 is 2.19 bits per heavy atom. The molecule has 2 aromatic rings. The molecule has 0 radical (unpaired) electrons.